The number of fused-ring (bicyclic) bond motifs is 1. The van der Waals surface area contributed by atoms with E-state index in [4.69, 9.17) is 21.7 Å². The Morgan fingerprint density at radius 3 is 2.39 bits per heavy atom. The van der Waals surface area contributed by atoms with E-state index in [1.807, 2.05) is 60.0 Å². The summed E-state index contributed by atoms with van der Waals surface area (Å²) in [5.74, 6) is 0.910. The van der Waals surface area contributed by atoms with Crippen LogP contribution in [0.2, 0.25) is 0 Å². The summed E-state index contributed by atoms with van der Waals surface area (Å²) in [4.78, 5) is 17.3. The summed E-state index contributed by atoms with van der Waals surface area (Å²) in [5, 5.41) is 10.3. The molecular weight excluding hydrogens is 430 g/mol. The van der Waals surface area contributed by atoms with Gasteiger partial charge in [0, 0.05) is 10.9 Å². The Kier molecular flexibility index (Phi) is 6.11. The summed E-state index contributed by atoms with van der Waals surface area (Å²) in [6.45, 7) is 0. The number of thiocarbonyl (C=S) groups is 1. The summed E-state index contributed by atoms with van der Waals surface area (Å²) in [6.07, 6.45) is 0. The molecule has 156 valence electrons. The largest absolute Gasteiger partial charge is 0.497 e. The highest BCUT2D eigenvalue weighted by Gasteiger charge is 2.16. The minimum absolute atomic E-state index is 0.163. The van der Waals surface area contributed by atoms with Gasteiger partial charge in [-0.25, -0.2) is 4.98 Å². The summed E-state index contributed by atoms with van der Waals surface area (Å²) in [5.41, 5.74) is 2.17. The molecule has 4 rings (SSSR count). The highest BCUT2D eigenvalue weighted by molar-refractivity contribution is 7.80. The Balaban J connectivity index is 1.46. The number of rotatable bonds is 5. The van der Waals surface area contributed by atoms with Crippen molar-refractivity contribution in [3.63, 3.8) is 0 Å². The van der Waals surface area contributed by atoms with Gasteiger partial charge in [-0.1, -0.05) is 24.3 Å². The first-order valence-electron chi connectivity index (χ1n) is 9.36. The van der Waals surface area contributed by atoms with Gasteiger partial charge in [-0.15, -0.1) is 11.3 Å². The maximum atomic E-state index is 12.8. The number of nitrogens with zero attached hydrogens (tertiary/aromatic N) is 1. The fourth-order valence-corrected chi connectivity index (χ4v) is 4.07. The van der Waals surface area contributed by atoms with Crippen LogP contribution in [-0.2, 0) is 0 Å². The third kappa shape index (κ3) is 4.65. The Morgan fingerprint density at radius 1 is 1.00 bits per heavy atom. The number of carbonyl (C=O) groups excluding carboxylic acids is 1. The molecule has 3 aromatic carbocycles. The first kappa shape index (κ1) is 20.8. The highest BCUT2D eigenvalue weighted by Crippen LogP contribution is 2.27. The van der Waals surface area contributed by atoms with Gasteiger partial charge in [0.1, 0.15) is 11.5 Å². The number of carbonyl (C=O) groups is 1. The molecule has 0 unspecified atom stereocenters. The smallest absolute Gasteiger partial charge is 0.261 e. The van der Waals surface area contributed by atoms with Crippen molar-refractivity contribution >= 4 is 50.5 Å². The molecule has 4 aromatic rings. The van der Waals surface area contributed by atoms with Crippen molar-refractivity contribution in [2.75, 3.05) is 19.5 Å². The lowest BCUT2D eigenvalue weighted by molar-refractivity contribution is 0.0975. The van der Waals surface area contributed by atoms with E-state index in [-0.39, 0.29) is 11.0 Å². The van der Waals surface area contributed by atoms with Crippen molar-refractivity contribution in [2.24, 2.45) is 0 Å². The topological polar surface area (TPSA) is 72.5 Å². The number of thiazole rings is 1. The van der Waals surface area contributed by atoms with Gasteiger partial charge in [-0.05, 0) is 59.4 Å². The zero-order valence-electron chi connectivity index (χ0n) is 16.8. The number of benzene rings is 3. The molecule has 1 aromatic heterocycles. The van der Waals surface area contributed by atoms with Crippen molar-refractivity contribution in [1.29, 1.82) is 0 Å². The van der Waals surface area contributed by atoms with E-state index < -0.39 is 0 Å². The number of ether oxygens (including phenoxy) is 2. The summed E-state index contributed by atoms with van der Waals surface area (Å²) in [6, 6.07) is 19.0. The van der Waals surface area contributed by atoms with Crippen LogP contribution in [0.3, 0.4) is 0 Å². The van der Waals surface area contributed by atoms with Crippen LogP contribution < -0.4 is 20.1 Å². The van der Waals surface area contributed by atoms with Crippen LogP contribution in [-0.4, -0.2) is 30.2 Å². The third-order valence-corrected chi connectivity index (χ3v) is 5.61. The molecule has 1 amide bonds. The molecular formula is C23H19N3O3S2. The molecule has 0 aliphatic carbocycles. The minimum atomic E-state index is -0.355. The molecule has 1 heterocycles. The fraction of sp³-hybridized carbons (Fsp3) is 0.0870. The second-order valence-electron chi connectivity index (χ2n) is 6.57. The first-order chi connectivity index (χ1) is 15.1. The average Bonchev–Trinajstić information content (AvgIpc) is 3.26. The number of hydrogen-bond donors (Lipinski definition) is 2. The van der Waals surface area contributed by atoms with Crippen LogP contribution in [0.25, 0.3) is 22.0 Å². The van der Waals surface area contributed by atoms with E-state index in [2.05, 4.69) is 15.6 Å². The average molecular weight is 450 g/mol. The molecule has 0 saturated heterocycles. The maximum absolute atomic E-state index is 12.8. The monoisotopic (exact) mass is 449 g/mol. The van der Waals surface area contributed by atoms with Crippen molar-refractivity contribution < 1.29 is 14.3 Å². The van der Waals surface area contributed by atoms with Crippen LogP contribution in [0.4, 0.5) is 5.13 Å². The van der Waals surface area contributed by atoms with Crippen molar-refractivity contribution in [3.05, 3.63) is 71.6 Å². The number of amides is 1. The second-order valence-corrected chi connectivity index (χ2v) is 7.84. The molecule has 0 atom stereocenters. The zero-order chi connectivity index (χ0) is 21.8. The molecule has 0 fully saturated rings. The lowest BCUT2D eigenvalue weighted by atomic mass is 10.1. The molecule has 6 nitrogen and oxygen atoms in total. The van der Waals surface area contributed by atoms with Crippen molar-refractivity contribution in [2.45, 2.75) is 0 Å². The Bertz CT molecular complexity index is 1250. The lowest BCUT2D eigenvalue weighted by Gasteiger charge is -2.12. The zero-order valence-corrected chi connectivity index (χ0v) is 18.5. The van der Waals surface area contributed by atoms with Gasteiger partial charge in [-0.2, -0.15) is 0 Å². The number of aromatic nitrogens is 1. The number of anilines is 1. The predicted octanol–water partition coefficient (Wildman–Crippen LogP) is 5.11. The SMILES string of the molecule is COc1ccc(-c2csc(NC(=S)NC(=O)c3cc4ccccc4cc3OC)n2)cc1. The standard InChI is InChI=1S/C23H19N3O3S2/c1-28-17-9-7-14(8-10-17)19-13-31-23(24-19)26-22(30)25-21(27)18-11-15-5-3-4-6-16(15)12-20(18)29-2/h3-13H,1-2H3,(H2,24,25,26,27,30). The van der Waals surface area contributed by atoms with Gasteiger partial charge in [0.05, 0.1) is 25.5 Å². The van der Waals surface area contributed by atoms with Gasteiger partial charge < -0.3 is 14.8 Å². The van der Waals surface area contributed by atoms with Crippen LogP contribution >= 0.6 is 23.6 Å². The van der Waals surface area contributed by atoms with Gasteiger partial charge in [0.15, 0.2) is 10.2 Å². The molecule has 31 heavy (non-hydrogen) atoms. The Hall–Kier alpha value is -3.49. The van der Waals surface area contributed by atoms with E-state index in [9.17, 15) is 4.79 Å². The van der Waals surface area contributed by atoms with Crippen LogP contribution in [0.15, 0.2) is 66.0 Å². The van der Waals surface area contributed by atoms with Crippen LogP contribution in [0, 0.1) is 0 Å². The summed E-state index contributed by atoms with van der Waals surface area (Å²) in [7, 11) is 3.16. The van der Waals surface area contributed by atoms with E-state index in [0.29, 0.717) is 16.4 Å². The summed E-state index contributed by atoms with van der Waals surface area (Å²) >= 11 is 6.71. The maximum Gasteiger partial charge on any atom is 0.261 e. The van der Waals surface area contributed by atoms with Gasteiger partial charge in [0.2, 0.25) is 0 Å². The first-order valence-corrected chi connectivity index (χ1v) is 10.7. The van der Waals surface area contributed by atoms with Gasteiger partial charge in [0.25, 0.3) is 5.91 Å². The molecule has 0 aliphatic heterocycles. The molecule has 0 aliphatic rings. The second kappa shape index (κ2) is 9.11. The van der Waals surface area contributed by atoms with E-state index >= 15 is 0 Å². The van der Waals surface area contributed by atoms with E-state index in [1.165, 1.54) is 18.4 Å². The lowest BCUT2D eigenvalue weighted by Crippen LogP contribution is -2.34. The van der Waals surface area contributed by atoms with E-state index in [0.717, 1.165) is 27.8 Å². The molecule has 2 N–H and O–H groups in total. The van der Waals surface area contributed by atoms with Crippen molar-refractivity contribution in [3.8, 4) is 22.8 Å². The van der Waals surface area contributed by atoms with Crippen molar-refractivity contribution in [1.82, 2.24) is 10.3 Å². The molecule has 0 saturated carbocycles. The normalized spacial score (nSPS) is 10.5. The predicted molar refractivity (Wildman–Crippen MR) is 128 cm³/mol. The minimum Gasteiger partial charge on any atom is -0.497 e. The summed E-state index contributed by atoms with van der Waals surface area (Å²) < 4.78 is 10.6. The van der Waals surface area contributed by atoms with E-state index in [1.54, 1.807) is 13.2 Å². The molecule has 0 radical (unpaired) electrons. The highest BCUT2D eigenvalue weighted by atomic mass is 32.1. The molecule has 0 bridgehead atoms. The number of methoxy groups -OCH3 is 2. The molecule has 8 heteroatoms. The Morgan fingerprint density at radius 2 is 1.71 bits per heavy atom. The van der Waals surface area contributed by atoms with Gasteiger partial charge >= 0.3 is 0 Å². The third-order valence-electron chi connectivity index (χ3n) is 4.65. The number of hydrogen-bond acceptors (Lipinski definition) is 6. The van der Waals surface area contributed by atoms with Crippen LogP contribution in [0.1, 0.15) is 10.4 Å². The van der Waals surface area contributed by atoms with Gasteiger partial charge in [-0.3, -0.25) is 10.1 Å². The number of nitrogens with one attached hydrogen (secondary N) is 2. The fourth-order valence-electron chi connectivity index (χ4n) is 3.09. The quantitative estimate of drug-likeness (QED) is 0.413. The van der Waals surface area contributed by atoms with Crippen LogP contribution in [0.5, 0.6) is 11.5 Å². The molecule has 0 spiro atoms. The Labute approximate surface area is 188 Å².